The minimum atomic E-state index is -0.489. The largest absolute Gasteiger partial charge is 0.338 e. The Labute approximate surface area is 170 Å². The Morgan fingerprint density at radius 1 is 1.21 bits per heavy atom. The summed E-state index contributed by atoms with van der Waals surface area (Å²) in [5, 5.41) is 13.9. The lowest BCUT2D eigenvalue weighted by Crippen LogP contribution is -2.41. The van der Waals surface area contributed by atoms with Gasteiger partial charge in [0.1, 0.15) is 0 Å². The molecule has 0 aliphatic carbocycles. The number of nitrogens with one attached hydrogen (secondary N) is 2. The number of thioether (sulfide) groups is 1. The summed E-state index contributed by atoms with van der Waals surface area (Å²) >= 11 is 1.23. The second kappa shape index (κ2) is 11.0. The van der Waals surface area contributed by atoms with Gasteiger partial charge in [-0.25, -0.2) is 4.79 Å². The van der Waals surface area contributed by atoms with E-state index in [0.717, 1.165) is 31.6 Å². The second-order valence-electron chi connectivity index (χ2n) is 7.21. The number of rotatable bonds is 8. The molecule has 2 N–H and O–H groups in total. The molecule has 28 heavy (non-hydrogen) atoms. The zero-order chi connectivity index (χ0) is 20.5. The molecule has 0 aromatic carbocycles. The first kappa shape index (κ1) is 22.2. The van der Waals surface area contributed by atoms with Gasteiger partial charge in [-0.05, 0) is 25.7 Å². The van der Waals surface area contributed by atoms with Crippen molar-refractivity contribution < 1.29 is 14.4 Å². The number of carbonyl (C=O) groups is 3. The molecule has 1 aliphatic heterocycles. The van der Waals surface area contributed by atoms with Crippen molar-refractivity contribution >= 4 is 29.6 Å². The van der Waals surface area contributed by atoms with Crippen LogP contribution < -0.4 is 10.6 Å². The smallest absolute Gasteiger partial charge is 0.321 e. The number of urea groups is 1. The minimum Gasteiger partial charge on any atom is -0.338 e. The van der Waals surface area contributed by atoms with Gasteiger partial charge in [-0.15, -0.1) is 10.2 Å². The highest BCUT2D eigenvalue weighted by Gasteiger charge is 2.21. The average Bonchev–Trinajstić information content (AvgIpc) is 2.92. The van der Waals surface area contributed by atoms with Crippen molar-refractivity contribution in [3.8, 4) is 0 Å². The molecule has 0 unspecified atom stereocenters. The zero-order valence-corrected chi connectivity index (χ0v) is 17.7. The lowest BCUT2D eigenvalue weighted by Gasteiger charge is -2.20. The van der Waals surface area contributed by atoms with Crippen LogP contribution in [0.3, 0.4) is 0 Å². The summed E-state index contributed by atoms with van der Waals surface area (Å²) in [6, 6.07) is -0.489. The van der Waals surface area contributed by atoms with Crippen LogP contribution in [0.2, 0.25) is 0 Å². The van der Waals surface area contributed by atoms with Crippen molar-refractivity contribution in [2.75, 3.05) is 18.8 Å². The van der Waals surface area contributed by atoms with E-state index in [1.165, 1.54) is 11.8 Å². The molecule has 1 aromatic rings. The van der Waals surface area contributed by atoms with Crippen LogP contribution in [0.4, 0.5) is 4.79 Å². The summed E-state index contributed by atoms with van der Waals surface area (Å²) in [4.78, 5) is 37.7. The highest BCUT2D eigenvalue weighted by Crippen LogP contribution is 2.19. The fourth-order valence-corrected chi connectivity index (χ4v) is 3.69. The predicted octanol–water partition coefficient (Wildman–Crippen LogP) is 1.77. The second-order valence-corrected chi connectivity index (χ2v) is 8.15. The Kier molecular flexibility index (Phi) is 8.75. The molecule has 2 rings (SSSR count). The van der Waals surface area contributed by atoms with Crippen molar-refractivity contribution in [3.63, 3.8) is 0 Å². The Morgan fingerprint density at radius 3 is 2.71 bits per heavy atom. The van der Waals surface area contributed by atoms with Gasteiger partial charge < -0.3 is 14.8 Å². The van der Waals surface area contributed by atoms with Crippen molar-refractivity contribution in [2.24, 2.45) is 5.92 Å². The third kappa shape index (κ3) is 6.81. The van der Waals surface area contributed by atoms with E-state index in [0.29, 0.717) is 37.1 Å². The van der Waals surface area contributed by atoms with Crippen molar-refractivity contribution in [2.45, 2.75) is 64.7 Å². The first-order valence-corrected chi connectivity index (χ1v) is 10.8. The molecular weight excluding hydrogens is 380 g/mol. The number of imide groups is 1. The molecule has 156 valence electrons. The SMILES string of the molecule is CCn1c(CN2CCCCCC2=O)nnc1SCC(=O)NC(=O)NCC(C)C. The molecule has 9 nitrogen and oxygen atoms in total. The van der Waals surface area contributed by atoms with E-state index in [1.54, 1.807) is 0 Å². The fraction of sp³-hybridized carbons (Fsp3) is 0.722. The summed E-state index contributed by atoms with van der Waals surface area (Å²) < 4.78 is 1.91. The first-order valence-electron chi connectivity index (χ1n) is 9.81. The minimum absolute atomic E-state index is 0.0654. The molecule has 0 bridgehead atoms. The summed E-state index contributed by atoms with van der Waals surface area (Å²) in [5.41, 5.74) is 0. The lowest BCUT2D eigenvalue weighted by molar-refractivity contribution is -0.131. The molecule has 1 fully saturated rings. The topological polar surface area (TPSA) is 109 Å². The molecule has 0 atom stereocenters. The Morgan fingerprint density at radius 2 is 2.00 bits per heavy atom. The molecule has 1 aromatic heterocycles. The van der Waals surface area contributed by atoms with E-state index in [2.05, 4.69) is 20.8 Å². The van der Waals surface area contributed by atoms with Gasteiger partial charge >= 0.3 is 6.03 Å². The van der Waals surface area contributed by atoms with Gasteiger partial charge in [-0.2, -0.15) is 0 Å². The van der Waals surface area contributed by atoms with Crippen LogP contribution in [-0.2, 0) is 22.7 Å². The number of likely N-dealkylation sites (tertiary alicyclic amines) is 1. The van der Waals surface area contributed by atoms with Crippen LogP contribution in [0.15, 0.2) is 5.16 Å². The molecule has 2 heterocycles. The monoisotopic (exact) mass is 410 g/mol. The molecule has 1 aliphatic rings. The number of nitrogens with zero attached hydrogens (tertiary/aromatic N) is 4. The van der Waals surface area contributed by atoms with Crippen molar-refractivity contribution in [1.29, 1.82) is 0 Å². The predicted molar refractivity (Wildman–Crippen MR) is 107 cm³/mol. The number of hydrogen-bond acceptors (Lipinski definition) is 6. The number of amides is 4. The fourth-order valence-electron chi connectivity index (χ4n) is 2.87. The highest BCUT2D eigenvalue weighted by atomic mass is 32.2. The van der Waals surface area contributed by atoms with Crippen LogP contribution in [0, 0.1) is 5.92 Å². The van der Waals surface area contributed by atoms with Gasteiger partial charge in [0.05, 0.1) is 12.3 Å². The third-order valence-electron chi connectivity index (χ3n) is 4.37. The molecular formula is C18H30N6O3S. The quantitative estimate of drug-likeness (QED) is 0.632. The van der Waals surface area contributed by atoms with Gasteiger partial charge in [0, 0.05) is 26.1 Å². The van der Waals surface area contributed by atoms with Crippen LogP contribution in [0.1, 0.15) is 52.3 Å². The summed E-state index contributed by atoms with van der Waals surface area (Å²) in [7, 11) is 0. The Balaban J connectivity index is 1.89. The maximum absolute atomic E-state index is 12.2. The van der Waals surface area contributed by atoms with Crippen LogP contribution in [0.25, 0.3) is 0 Å². The lowest BCUT2D eigenvalue weighted by atomic mass is 10.2. The number of carbonyl (C=O) groups excluding carboxylic acids is 3. The first-order chi connectivity index (χ1) is 13.4. The van der Waals surface area contributed by atoms with Crippen molar-refractivity contribution in [1.82, 2.24) is 30.3 Å². The maximum atomic E-state index is 12.2. The molecule has 0 saturated carbocycles. The highest BCUT2D eigenvalue weighted by molar-refractivity contribution is 7.99. The maximum Gasteiger partial charge on any atom is 0.321 e. The van der Waals surface area contributed by atoms with Gasteiger partial charge in [0.25, 0.3) is 0 Å². The van der Waals surface area contributed by atoms with Crippen LogP contribution in [0.5, 0.6) is 0 Å². The van der Waals surface area contributed by atoms with Crippen molar-refractivity contribution in [3.05, 3.63) is 5.82 Å². The third-order valence-corrected chi connectivity index (χ3v) is 5.34. The molecule has 4 amide bonds. The molecule has 0 spiro atoms. The summed E-state index contributed by atoms with van der Waals surface area (Å²) in [6.07, 6.45) is 3.61. The van der Waals surface area contributed by atoms with Gasteiger partial charge in [0.15, 0.2) is 11.0 Å². The molecule has 10 heteroatoms. The number of hydrogen-bond donors (Lipinski definition) is 2. The van der Waals surface area contributed by atoms with Crippen LogP contribution >= 0.6 is 11.8 Å². The average molecular weight is 411 g/mol. The Bertz CT molecular complexity index is 691. The van der Waals surface area contributed by atoms with Gasteiger partial charge in [0.2, 0.25) is 11.8 Å². The molecule has 1 saturated heterocycles. The van der Waals surface area contributed by atoms with Crippen LogP contribution in [-0.4, -0.2) is 56.4 Å². The normalized spacial score (nSPS) is 14.9. The summed E-state index contributed by atoms with van der Waals surface area (Å²) in [6.45, 7) is 8.26. The summed E-state index contributed by atoms with van der Waals surface area (Å²) in [5.74, 6) is 0.865. The van der Waals surface area contributed by atoms with E-state index >= 15 is 0 Å². The molecule has 0 radical (unpaired) electrons. The van der Waals surface area contributed by atoms with E-state index in [4.69, 9.17) is 0 Å². The zero-order valence-electron chi connectivity index (χ0n) is 16.9. The van der Waals surface area contributed by atoms with E-state index < -0.39 is 6.03 Å². The number of aromatic nitrogens is 3. The standard InChI is InChI=1S/C18H30N6O3S/c1-4-24-14(11-23-9-7-5-6-8-16(23)26)21-22-18(24)28-12-15(25)20-17(27)19-10-13(2)3/h13H,4-12H2,1-3H3,(H2,19,20,25,27). The van der Waals surface area contributed by atoms with E-state index in [-0.39, 0.29) is 17.6 Å². The van der Waals surface area contributed by atoms with E-state index in [1.807, 2.05) is 30.2 Å². The van der Waals surface area contributed by atoms with Gasteiger partial charge in [-0.3, -0.25) is 14.9 Å². The van der Waals surface area contributed by atoms with E-state index in [9.17, 15) is 14.4 Å². The van der Waals surface area contributed by atoms with Gasteiger partial charge in [-0.1, -0.05) is 32.0 Å². The Hall–Kier alpha value is -2.10.